The highest BCUT2D eigenvalue weighted by Crippen LogP contribution is 1.84. The highest BCUT2D eigenvalue weighted by Gasteiger charge is 1.83. The summed E-state index contributed by atoms with van der Waals surface area (Å²) < 4.78 is 0. The van der Waals surface area contributed by atoms with Crippen molar-refractivity contribution in [3.8, 4) is 0 Å². The van der Waals surface area contributed by atoms with Gasteiger partial charge in [-0.15, -0.1) is 0 Å². The molecule has 0 rings (SSSR count). The number of hydrogen-bond acceptors (Lipinski definition) is 1. The van der Waals surface area contributed by atoms with Crippen LogP contribution in [0.4, 0.5) is 0 Å². The van der Waals surface area contributed by atoms with Gasteiger partial charge in [0.15, 0.2) is 0 Å². The van der Waals surface area contributed by atoms with Crippen molar-refractivity contribution in [2.75, 3.05) is 0 Å². The van der Waals surface area contributed by atoms with Gasteiger partial charge in [0, 0.05) is 6.42 Å². The van der Waals surface area contributed by atoms with Gasteiger partial charge in [-0.1, -0.05) is 27.2 Å². The maximum atomic E-state index is 10.0. The maximum Gasteiger partial charge on any atom is 0.129 e. The fourth-order valence-electron chi connectivity index (χ4n) is 0.352. The number of carbonyl (C=O) groups is 1. The van der Waals surface area contributed by atoms with E-state index in [2.05, 4.69) is 13.8 Å². The standard InChI is InChI=1S/C5H10O.C3H8/c1-3-4-5(2)6;1-3-2/h3-4H2,1-2H3;3H2,1-2H3. The molecule has 0 saturated heterocycles. The van der Waals surface area contributed by atoms with Gasteiger partial charge in [-0.3, -0.25) is 0 Å². The minimum Gasteiger partial charge on any atom is -0.300 e. The van der Waals surface area contributed by atoms with E-state index in [0.717, 1.165) is 12.8 Å². The Morgan fingerprint density at radius 1 is 1.22 bits per heavy atom. The van der Waals surface area contributed by atoms with Gasteiger partial charge in [0.05, 0.1) is 0 Å². The van der Waals surface area contributed by atoms with E-state index in [1.807, 2.05) is 6.92 Å². The predicted molar refractivity (Wildman–Crippen MR) is 41.6 cm³/mol. The van der Waals surface area contributed by atoms with Crippen molar-refractivity contribution >= 4 is 5.78 Å². The fraction of sp³-hybridized carbons (Fsp3) is 0.875. The Morgan fingerprint density at radius 3 is 1.56 bits per heavy atom. The van der Waals surface area contributed by atoms with E-state index in [9.17, 15) is 4.79 Å². The summed E-state index contributed by atoms with van der Waals surface area (Å²) in [5, 5.41) is 0. The largest absolute Gasteiger partial charge is 0.300 e. The van der Waals surface area contributed by atoms with Crippen LogP contribution in [0.2, 0.25) is 0 Å². The van der Waals surface area contributed by atoms with E-state index in [1.54, 1.807) is 6.92 Å². The highest BCUT2D eigenvalue weighted by atomic mass is 16.1. The summed E-state index contributed by atoms with van der Waals surface area (Å²) in [7, 11) is 0. The van der Waals surface area contributed by atoms with Crippen molar-refractivity contribution in [2.45, 2.75) is 47.0 Å². The molecule has 0 heterocycles. The van der Waals surface area contributed by atoms with E-state index in [4.69, 9.17) is 0 Å². The molecule has 0 aromatic rings. The molecular formula is C8H18O. The first-order chi connectivity index (χ1) is 4.18. The van der Waals surface area contributed by atoms with Crippen LogP contribution in [0, 0.1) is 0 Å². The molecule has 0 aromatic heterocycles. The lowest BCUT2D eigenvalue weighted by Crippen LogP contribution is -1.84. The zero-order valence-corrected chi connectivity index (χ0v) is 7.03. The number of Topliss-reactive ketones (excluding diaryl/α,β-unsaturated/α-hetero) is 1. The van der Waals surface area contributed by atoms with Crippen molar-refractivity contribution in [1.82, 2.24) is 0 Å². The molecule has 1 heteroatoms. The maximum absolute atomic E-state index is 10.0. The van der Waals surface area contributed by atoms with Crippen molar-refractivity contribution < 1.29 is 4.79 Å². The molecule has 0 saturated carbocycles. The third-order valence-corrected chi connectivity index (χ3v) is 0.602. The first-order valence-electron chi connectivity index (χ1n) is 3.68. The van der Waals surface area contributed by atoms with Crippen LogP contribution >= 0.6 is 0 Å². The summed E-state index contributed by atoms with van der Waals surface area (Å²) in [5.74, 6) is 0.289. The Balaban J connectivity index is 0. The van der Waals surface area contributed by atoms with E-state index >= 15 is 0 Å². The third-order valence-electron chi connectivity index (χ3n) is 0.602. The Morgan fingerprint density at radius 2 is 1.56 bits per heavy atom. The second-order valence-electron chi connectivity index (χ2n) is 2.16. The van der Waals surface area contributed by atoms with Gasteiger partial charge in [0.1, 0.15) is 5.78 Å². The van der Waals surface area contributed by atoms with E-state index in [1.165, 1.54) is 6.42 Å². The fourth-order valence-corrected chi connectivity index (χ4v) is 0.352. The molecule has 0 fully saturated rings. The Hall–Kier alpha value is -0.330. The molecule has 0 unspecified atom stereocenters. The second-order valence-corrected chi connectivity index (χ2v) is 2.16. The van der Waals surface area contributed by atoms with Gasteiger partial charge in [-0.05, 0) is 13.3 Å². The third kappa shape index (κ3) is 34.6. The smallest absolute Gasteiger partial charge is 0.129 e. The SMILES string of the molecule is CCC.CCCC(C)=O. The molecule has 0 aromatic carbocycles. The molecular weight excluding hydrogens is 112 g/mol. The summed E-state index contributed by atoms with van der Waals surface area (Å²) in [5.41, 5.74) is 0. The topological polar surface area (TPSA) is 17.1 Å². The number of ketones is 1. The molecule has 0 atom stereocenters. The van der Waals surface area contributed by atoms with E-state index < -0.39 is 0 Å². The van der Waals surface area contributed by atoms with Crippen LogP contribution in [-0.4, -0.2) is 5.78 Å². The molecule has 0 spiro atoms. The van der Waals surface area contributed by atoms with E-state index in [0.29, 0.717) is 0 Å². The highest BCUT2D eigenvalue weighted by molar-refractivity contribution is 5.75. The van der Waals surface area contributed by atoms with Crippen molar-refractivity contribution in [1.29, 1.82) is 0 Å². The van der Waals surface area contributed by atoms with Gasteiger partial charge in [0.25, 0.3) is 0 Å². The molecule has 0 aliphatic rings. The van der Waals surface area contributed by atoms with Gasteiger partial charge >= 0.3 is 0 Å². The molecule has 1 nitrogen and oxygen atoms in total. The molecule has 0 N–H and O–H groups in total. The summed E-state index contributed by atoms with van der Waals surface area (Å²) in [6.45, 7) is 7.87. The first-order valence-corrected chi connectivity index (χ1v) is 3.68. The molecule has 0 amide bonds. The molecule has 0 radical (unpaired) electrons. The lowest BCUT2D eigenvalue weighted by Gasteiger charge is -1.80. The molecule has 0 aliphatic carbocycles. The lowest BCUT2D eigenvalue weighted by atomic mass is 10.3. The van der Waals surface area contributed by atoms with Crippen LogP contribution < -0.4 is 0 Å². The Labute approximate surface area is 58.5 Å². The van der Waals surface area contributed by atoms with Crippen molar-refractivity contribution in [3.63, 3.8) is 0 Å². The Bertz CT molecular complexity index is 57.6. The van der Waals surface area contributed by atoms with Gasteiger partial charge in [0.2, 0.25) is 0 Å². The van der Waals surface area contributed by atoms with Crippen LogP contribution in [0.15, 0.2) is 0 Å². The van der Waals surface area contributed by atoms with Crippen LogP contribution in [0.25, 0.3) is 0 Å². The zero-order chi connectivity index (χ0) is 7.70. The second kappa shape index (κ2) is 10.6. The summed E-state index contributed by atoms with van der Waals surface area (Å²) in [6, 6.07) is 0. The number of rotatable bonds is 2. The van der Waals surface area contributed by atoms with Crippen LogP contribution in [0.3, 0.4) is 0 Å². The van der Waals surface area contributed by atoms with Gasteiger partial charge in [-0.25, -0.2) is 0 Å². The average Bonchev–Trinajstić information content (AvgIpc) is 1.67. The minimum atomic E-state index is 0.289. The van der Waals surface area contributed by atoms with Crippen LogP contribution in [0.1, 0.15) is 47.0 Å². The monoisotopic (exact) mass is 130 g/mol. The Kier molecular flexibility index (Phi) is 13.5. The van der Waals surface area contributed by atoms with Crippen molar-refractivity contribution in [2.24, 2.45) is 0 Å². The summed E-state index contributed by atoms with van der Waals surface area (Å²) in [6.07, 6.45) is 2.97. The number of carbonyl (C=O) groups excluding carboxylic acids is 1. The molecule has 9 heavy (non-hydrogen) atoms. The van der Waals surface area contributed by atoms with Gasteiger partial charge < -0.3 is 4.79 Å². The first kappa shape index (κ1) is 11.5. The van der Waals surface area contributed by atoms with Crippen LogP contribution in [0.5, 0.6) is 0 Å². The predicted octanol–water partition coefficient (Wildman–Crippen LogP) is 2.79. The van der Waals surface area contributed by atoms with Crippen molar-refractivity contribution in [3.05, 3.63) is 0 Å². The quantitative estimate of drug-likeness (QED) is 0.561. The van der Waals surface area contributed by atoms with Gasteiger partial charge in [-0.2, -0.15) is 0 Å². The lowest BCUT2D eigenvalue weighted by molar-refractivity contribution is -0.117. The number of hydrogen-bond donors (Lipinski definition) is 0. The normalized spacial score (nSPS) is 7.56. The van der Waals surface area contributed by atoms with E-state index in [-0.39, 0.29) is 5.78 Å². The van der Waals surface area contributed by atoms with Crippen LogP contribution in [-0.2, 0) is 4.79 Å². The molecule has 0 aliphatic heterocycles. The average molecular weight is 130 g/mol. The minimum absolute atomic E-state index is 0.289. The molecule has 0 bridgehead atoms. The summed E-state index contributed by atoms with van der Waals surface area (Å²) in [4.78, 5) is 10.0. The molecule has 56 valence electrons. The zero-order valence-electron chi connectivity index (χ0n) is 7.03. The summed E-state index contributed by atoms with van der Waals surface area (Å²) >= 11 is 0.